The fraction of sp³-hybridized carbons (Fsp3) is 0.312. The van der Waals surface area contributed by atoms with E-state index in [2.05, 4.69) is 27.1 Å². The van der Waals surface area contributed by atoms with Crippen LogP contribution in [0.25, 0.3) is 0 Å². The molecule has 1 aromatic carbocycles. The van der Waals surface area contributed by atoms with Crippen molar-refractivity contribution in [1.82, 2.24) is 5.32 Å². The molecule has 0 saturated carbocycles. The minimum Gasteiger partial charge on any atom is -0.467 e. The standard InChI is InChI=1S/C16H21N3O4/c1-10(2)9-14(15(20)23-4)18-16(21)17-13-7-5-12(6-8-13)11(3)19-22/h5-8,14,22H,1,9H2,2-4H3,(H2,17,18,21)/b19-11+. The fourth-order valence-corrected chi connectivity index (χ4v) is 1.86. The number of carbonyl (C=O) groups excluding carboxylic acids is 2. The average Bonchev–Trinajstić information content (AvgIpc) is 2.52. The molecule has 1 aromatic rings. The maximum Gasteiger partial charge on any atom is 0.328 e. The van der Waals surface area contributed by atoms with Gasteiger partial charge in [-0.15, -0.1) is 6.58 Å². The SMILES string of the molecule is C=C(C)CC(NC(=O)Nc1ccc(/C(C)=N/O)cc1)C(=O)OC. The summed E-state index contributed by atoms with van der Waals surface area (Å²) in [6, 6.07) is 5.42. The number of esters is 1. The Kier molecular flexibility index (Phi) is 6.79. The highest BCUT2D eigenvalue weighted by Gasteiger charge is 2.21. The van der Waals surface area contributed by atoms with Gasteiger partial charge >= 0.3 is 12.0 Å². The first-order valence-electron chi connectivity index (χ1n) is 6.96. The number of hydrogen-bond donors (Lipinski definition) is 3. The molecular weight excluding hydrogens is 298 g/mol. The lowest BCUT2D eigenvalue weighted by atomic mass is 10.1. The van der Waals surface area contributed by atoms with E-state index in [1.54, 1.807) is 38.1 Å². The Hall–Kier alpha value is -2.83. The van der Waals surface area contributed by atoms with E-state index in [-0.39, 0.29) is 0 Å². The van der Waals surface area contributed by atoms with Gasteiger partial charge in [-0.1, -0.05) is 22.9 Å². The van der Waals surface area contributed by atoms with Crippen molar-refractivity contribution in [2.24, 2.45) is 5.16 Å². The highest BCUT2D eigenvalue weighted by molar-refractivity contribution is 5.99. The number of amides is 2. The molecule has 0 saturated heterocycles. The van der Waals surface area contributed by atoms with Crippen molar-refractivity contribution in [2.45, 2.75) is 26.3 Å². The van der Waals surface area contributed by atoms with E-state index >= 15 is 0 Å². The van der Waals surface area contributed by atoms with E-state index in [1.165, 1.54) is 7.11 Å². The summed E-state index contributed by atoms with van der Waals surface area (Å²) in [6.45, 7) is 7.15. The molecule has 0 fully saturated rings. The summed E-state index contributed by atoms with van der Waals surface area (Å²) >= 11 is 0. The van der Waals surface area contributed by atoms with E-state index in [0.717, 1.165) is 11.1 Å². The number of nitrogens with one attached hydrogen (secondary N) is 2. The van der Waals surface area contributed by atoms with Crippen LogP contribution in [0.1, 0.15) is 25.8 Å². The molecule has 0 bridgehead atoms. The van der Waals surface area contributed by atoms with Gasteiger partial charge in [-0.25, -0.2) is 9.59 Å². The number of benzene rings is 1. The number of oxime groups is 1. The second-order valence-corrected chi connectivity index (χ2v) is 5.10. The zero-order valence-corrected chi connectivity index (χ0v) is 13.4. The van der Waals surface area contributed by atoms with Crippen LogP contribution in [-0.2, 0) is 9.53 Å². The molecule has 2 amide bonds. The number of urea groups is 1. The van der Waals surface area contributed by atoms with E-state index in [1.807, 2.05) is 0 Å². The summed E-state index contributed by atoms with van der Waals surface area (Å²) in [6.07, 6.45) is 0.297. The number of anilines is 1. The third kappa shape index (κ3) is 5.82. The largest absolute Gasteiger partial charge is 0.467 e. The third-order valence-corrected chi connectivity index (χ3v) is 3.05. The maximum atomic E-state index is 12.0. The number of carbonyl (C=O) groups is 2. The molecule has 23 heavy (non-hydrogen) atoms. The van der Waals surface area contributed by atoms with Crippen LogP contribution in [0, 0.1) is 0 Å². The number of methoxy groups -OCH3 is 1. The quantitative estimate of drug-likeness (QED) is 0.246. The molecule has 0 spiro atoms. The Morgan fingerprint density at radius 1 is 1.30 bits per heavy atom. The van der Waals surface area contributed by atoms with Crippen LogP contribution >= 0.6 is 0 Å². The van der Waals surface area contributed by atoms with Gasteiger partial charge in [0, 0.05) is 5.69 Å². The zero-order chi connectivity index (χ0) is 17.4. The van der Waals surface area contributed by atoms with Crippen molar-refractivity contribution >= 4 is 23.4 Å². The normalized spacial score (nSPS) is 12.2. The van der Waals surface area contributed by atoms with Crippen molar-refractivity contribution in [3.05, 3.63) is 42.0 Å². The summed E-state index contributed by atoms with van der Waals surface area (Å²) in [5.41, 5.74) is 2.49. The smallest absolute Gasteiger partial charge is 0.328 e. The summed E-state index contributed by atoms with van der Waals surface area (Å²) in [5.74, 6) is -0.534. The first kappa shape index (κ1) is 18.2. The van der Waals surface area contributed by atoms with Crippen LogP contribution in [0.15, 0.2) is 41.6 Å². The van der Waals surface area contributed by atoms with Gasteiger partial charge in [-0.2, -0.15) is 0 Å². The highest BCUT2D eigenvalue weighted by Crippen LogP contribution is 2.11. The van der Waals surface area contributed by atoms with E-state index in [9.17, 15) is 9.59 Å². The monoisotopic (exact) mass is 319 g/mol. The Morgan fingerprint density at radius 2 is 1.91 bits per heavy atom. The molecule has 0 aromatic heterocycles. The van der Waals surface area contributed by atoms with Crippen LogP contribution in [0.4, 0.5) is 10.5 Å². The van der Waals surface area contributed by atoms with E-state index in [0.29, 0.717) is 17.8 Å². The average molecular weight is 319 g/mol. The molecular formula is C16H21N3O4. The molecule has 7 nitrogen and oxygen atoms in total. The Morgan fingerprint density at radius 3 is 2.39 bits per heavy atom. The minimum atomic E-state index is -0.791. The van der Waals surface area contributed by atoms with Gasteiger partial charge in [0.25, 0.3) is 0 Å². The minimum absolute atomic E-state index is 0.297. The summed E-state index contributed by atoms with van der Waals surface area (Å²) < 4.78 is 4.66. The molecule has 0 radical (unpaired) electrons. The Bertz CT molecular complexity index is 608. The van der Waals surface area contributed by atoms with Crippen LogP contribution < -0.4 is 10.6 Å². The van der Waals surface area contributed by atoms with Gasteiger partial charge in [0.05, 0.1) is 12.8 Å². The van der Waals surface area contributed by atoms with Gasteiger partial charge in [0.2, 0.25) is 0 Å². The maximum absolute atomic E-state index is 12.0. The first-order chi connectivity index (χ1) is 10.9. The molecule has 0 aliphatic carbocycles. The third-order valence-electron chi connectivity index (χ3n) is 3.05. The lowest BCUT2D eigenvalue weighted by Gasteiger charge is -2.17. The van der Waals surface area contributed by atoms with E-state index < -0.39 is 18.0 Å². The van der Waals surface area contributed by atoms with E-state index in [4.69, 9.17) is 5.21 Å². The highest BCUT2D eigenvalue weighted by atomic mass is 16.5. The van der Waals surface area contributed by atoms with Crippen LogP contribution in [0.5, 0.6) is 0 Å². The van der Waals surface area contributed by atoms with Gasteiger partial charge in [0.1, 0.15) is 6.04 Å². The predicted octanol–water partition coefficient (Wildman–Crippen LogP) is 2.51. The van der Waals surface area contributed by atoms with Gasteiger partial charge in [0.15, 0.2) is 0 Å². The molecule has 0 aliphatic heterocycles. The number of hydrogen-bond acceptors (Lipinski definition) is 5. The van der Waals surface area contributed by atoms with Gasteiger partial charge in [-0.05, 0) is 38.0 Å². The summed E-state index contributed by atoms with van der Waals surface area (Å²) in [7, 11) is 1.26. The second kappa shape index (κ2) is 8.57. The molecule has 1 atom stereocenters. The van der Waals surface area contributed by atoms with Crippen LogP contribution in [0.3, 0.4) is 0 Å². The van der Waals surface area contributed by atoms with Crippen molar-refractivity contribution in [3.8, 4) is 0 Å². The lowest BCUT2D eigenvalue weighted by molar-refractivity contribution is -0.142. The van der Waals surface area contributed by atoms with Crippen molar-refractivity contribution in [3.63, 3.8) is 0 Å². The second-order valence-electron chi connectivity index (χ2n) is 5.10. The van der Waals surface area contributed by atoms with Gasteiger partial charge in [-0.3, -0.25) is 0 Å². The number of ether oxygens (including phenoxy) is 1. The molecule has 1 rings (SSSR count). The fourth-order valence-electron chi connectivity index (χ4n) is 1.86. The molecule has 0 heterocycles. The van der Waals surface area contributed by atoms with Gasteiger partial charge < -0.3 is 20.6 Å². The van der Waals surface area contributed by atoms with Crippen LogP contribution in [0.2, 0.25) is 0 Å². The molecule has 3 N–H and O–H groups in total. The van der Waals surface area contributed by atoms with Crippen molar-refractivity contribution in [1.29, 1.82) is 0 Å². The summed E-state index contributed by atoms with van der Waals surface area (Å²) in [5, 5.41) is 17.0. The summed E-state index contributed by atoms with van der Waals surface area (Å²) in [4.78, 5) is 23.6. The molecule has 124 valence electrons. The topological polar surface area (TPSA) is 100 Å². The molecule has 1 unspecified atom stereocenters. The lowest BCUT2D eigenvalue weighted by Crippen LogP contribution is -2.43. The Balaban J connectivity index is 2.70. The predicted molar refractivity (Wildman–Crippen MR) is 87.8 cm³/mol. The zero-order valence-electron chi connectivity index (χ0n) is 13.4. The number of rotatable bonds is 6. The molecule has 0 aliphatic rings. The molecule has 7 heteroatoms. The first-order valence-corrected chi connectivity index (χ1v) is 6.96. The number of nitrogens with zero attached hydrogens (tertiary/aromatic N) is 1. The van der Waals surface area contributed by atoms with Crippen molar-refractivity contribution < 1.29 is 19.5 Å². The van der Waals surface area contributed by atoms with Crippen molar-refractivity contribution in [2.75, 3.05) is 12.4 Å². The van der Waals surface area contributed by atoms with Crippen LogP contribution in [-0.4, -0.2) is 36.1 Å². The Labute approximate surface area is 135 Å².